The second-order valence-electron chi connectivity index (χ2n) is 3.95. The Morgan fingerprint density at radius 3 is 1.56 bits per heavy atom. The van der Waals surface area contributed by atoms with Crippen molar-refractivity contribution < 1.29 is 35.5 Å². The minimum atomic E-state index is -5.75. The standard InChI is InChI=1S/C8H9F7O/c1-4-3-6(7(10,11)12,8(13,14)15)5(2,9)16-4/h4H,3H2,1-2H3. The summed E-state index contributed by atoms with van der Waals surface area (Å²) in [4.78, 5) is 0. The lowest BCUT2D eigenvalue weighted by atomic mass is 9.77. The molecular weight excluding hydrogens is 245 g/mol. The van der Waals surface area contributed by atoms with Crippen LogP contribution in [0.5, 0.6) is 0 Å². The summed E-state index contributed by atoms with van der Waals surface area (Å²) in [6.45, 7) is 1.13. The highest BCUT2D eigenvalue weighted by Gasteiger charge is 2.82. The van der Waals surface area contributed by atoms with Gasteiger partial charge in [0.15, 0.2) is 0 Å². The molecule has 2 atom stereocenters. The van der Waals surface area contributed by atoms with Crippen LogP contribution >= 0.6 is 0 Å². The van der Waals surface area contributed by atoms with Crippen LogP contribution in [0.15, 0.2) is 0 Å². The molecule has 1 fully saturated rings. The van der Waals surface area contributed by atoms with E-state index in [4.69, 9.17) is 0 Å². The second kappa shape index (κ2) is 3.24. The average molecular weight is 254 g/mol. The Labute approximate surface area is 86.6 Å². The first-order valence-electron chi connectivity index (χ1n) is 4.35. The van der Waals surface area contributed by atoms with E-state index in [0.717, 1.165) is 6.92 Å². The van der Waals surface area contributed by atoms with Gasteiger partial charge in [0.05, 0.1) is 6.10 Å². The summed E-state index contributed by atoms with van der Waals surface area (Å²) in [5, 5.41) is 0. The fourth-order valence-corrected chi connectivity index (χ4v) is 2.03. The second-order valence-corrected chi connectivity index (χ2v) is 3.95. The van der Waals surface area contributed by atoms with Crippen LogP contribution in [0.4, 0.5) is 30.7 Å². The maximum Gasteiger partial charge on any atom is 0.408 e. The van der Waals surface area contributed by atoms with Crippen molar-refractivity contribution in [1.82, 2.24) is 0 Å². The van der Waals surface area contributed by atoms with Crippen molar-refractivity contribution in [1.29, 1.82) is 0 Å². The molecule has 8 heteroatoms. The van der Waals surface area contributed by atoms with Crippen molar-refractivity contribution in [2.45, 2.75) is 44.6 Å². The molecule has 96 valence electrons. The molecule has 0 aromatic rings. The lowest BCUT2D eigenvalue weighted by Crippen LogP contribution is -2.59. The Bertz CT molecular complexity index is 263. The first-order valence-corrected chi connectivity index (χ1v) is 4.35. The van der Waals surface area contributed by atoms with Crippen molar-refractivity contribution in [2.24, 2.45) is 5.41 Å². The topological polar surface area (TPSA) is 9.23 Å². The van der Waals surface area contributed by atoms with Gasteiger partial charge >= 0.3 is 12.4 Å². The van der Waals surface area contributed by atoms with Crippen molar-refractivity contribution in [3.8, 4) is 0 Å². The van der Waals surface area contributed by atoms with E-state index in [-0.39, 0.29) is 6.92 Å². The van der Waals surface area contributed by atoms with Gasteiger partial charge in [-0.05, 0) is 13.8 Å². The van der Waals surface area contributed by atoms with E-state index in [1.54, 1.807) is 0 Å². The smallest absolute Gasteiger partial charge is 0.342 e. The molecule has 1 saturated heterocycles. The molecule has 1 rings (SSSR count). The Balaban J connectivity index is 3.38. The molecule has 0 aromatic carbocycles. The van der Waals surface area contributed by atoms with Gasteiger partial charge in [-0.3, -0.25) is 0 Å². The lowest BCUT2D eigenvalue weighted by molar-refractivity contribution is -0.391. The molecule has 16 heavy (non-hydrogen) atoms. The molecule has 0 radical (unpaired) electrons. The number of halogens is 7. The first-order chi connectivity index (χ1) is 6.85. The zero-order valence-corrected chi connectivity index (χ0v) is 8.34. The quantitative estimate of drug-likeness (QED) is 0.600. The van der Waals surface area contributed by atoms with Gasteiger partial charge in [0.25, 0.3) is 0 Å². The normalized spacial score (nSPS) is 35.4. The van der Waals surface area contributed by atoms with Crippen LogP contribution in [0.1, 0.15) is 20.3 Å². The fourth-order valence-electron chi connectivity index (χ4n) is 2.03. The number of rotatable bonds is 0. The summed E-state index contributed by atoms with van der Waals surface area (Å²) in [6.07, 6.45) is -14.4. The summed E-state index contributed by atoms with van der Waals surface area (Å²) in [7, 11) is 0. The average Bonchev–Trinajstić information content (AvgIpc) is 2.16. The highest BCUT2D eigenvalue weighted by molar-refractivity contribution is 5.06. The van der Waals surface area contributed by atoms with E-state index in [2.05, 4.69) is 4.74 Å². The highest BCUT2D eigenvalue weighted by Crippen LogP contribution is 2.64. The maximum atomic E-state index is 13.5. The van der Waals surface area contributed by atoms with Crippen LogP contribution in [0.25, 0.3) is 0 Å². The predicted octanol–water partition coefficient (Wildman–Crippen LogP) is 3.59. The van der Waals surface area contributed by atoms with Gasteiger partial charge in [0.2, 0.25) is 11.3 Å². The predicted molar refractivity (Wildman–Crippen MR) is 39.2 cm³/mol. The molecule has 2 unspecified atom stereocenters. The molecule has 0 saturated carbocycles. The number of hydrogen-bond donors (Lipinski definition) is 0. The van der Waals surface area contributed by atoms with Gasteiger partial charge in [0, 0.05) is 6.42 Å². The summed E-state index contributed by atoms with van der Waals surface area (Å²) in [5.41, 5.74) is -4.45. The van der Waals surface area contributed by atoms with Crippen LogP contribution < -0.4 is 0 Å². The van der Waals surface area contributed by atoms with E-state index in [1.165, 1.54) is 0 Å². The number of alkyl halides is 7. The van der Waals surface area contributed by atoms with Gasteiger partial charge in [-0.15, -0.1) is 0 Å². The van der Waals surface area contributed by atoms with Crippen LogP contribution in [0.2, 0.25) is 0 Å². The highest BCUT2D eigenvalue weighted by atomic mass is 19.4. The van der Waals surface area contributed by atoms with E-state index in [0.29, 0.717) is 0 Å². The van der Waals surface area contributed by atoms with Gasteiger partial charge in [-0.25, -0.2) is 4.39 Å². The van der Waals surface area contributed by atoms with Gasteiger partial charge in [-0.1, -0.05) is 0 Å². The Hall–Kier alpha value is -0.530. The minimum absolute atomic E-state index is 0.164. The summed E-state index contributed by atoms with van der Waals surface area (Å²) >= 11 is 0. The third kappa shape index (κ3) is 1.57. The van der Waals surface area contributed by atoms with Gasteiger partial charge in [0.1, 0.15) is 0 Å². The molecule has 1 aliphatic rings. The monoisotopic (exact) mass is 254 g/mol. The van der Waals surface area contributed by atoms with E-state index in [9.17, 15) is 30.7 Å². The Morgan fingerprint density at radius 2 is 1.44 bits per heavy atom. The first kappa shape index (κ1) is 13.5. The third-order valence-electron chi connectivity index (χ3n) is 2.75. The van der Waals surface area contributed by atoms with Crippen molar-refractivity contribution >= 4 is 0 Å². The van der Waals surface area contributed by atoms with Gasteiger partial charge < -0.3 is 4.74 Å². The minimum Gasteiger partial charge on any atom is -0.342 e. The largest absolute Gasteiger partial charge is 0.408 e. The summed E-state index contributed by atoms with van der Waals surface area (Å²) < 4.78 is 92.9. The van der Waals surface area contributed by atoms with Crippen LogP contribution in [0.3, 0.4) is 0 Å². The van der Waals surface area contributed by atoms with Crippen molar-refractivity contribution in [3.63, 3.8) is 0 Å². The zero-order chi connectivity index (χ0) is 13.0. The molecule has 0 aromatic heterocycles. The maximum absolute atomic E-state index is 13.5. The molecule has 1 nitrogen and oxygen atoms in total. The molecule has 0 aliphatic carbocycles. The Kier molecular flexibility index (Phi) is 2.74. The molecule has 0 spiro atoms. The molecule has 0 amide bonds. The van der Waals surface area contributed by atoms with E-state index in [1.807, 2.05) is 0 Å². The van der Waals surface area contributed by atoms with E-state index >= 15 is 0 Å². The molecular formula is C8H9F7O. The van der Waals surface area contributed by atoms with Gasteiger partial charge in [-0.2, -0.15) is 26.3 Å². The zero-order valence-electron chi connectivity index (χ0n) is 8.34. The summed E-state index contributed by atoms with van der Waals surface area (Å²) in [5.74, 6) is -3.80. The van der Waals surface area contributed by atoms with Crippen molar-refractivity contribution in [2.75, 3.05) is 0 Å². The SMILES string of the molecule is CC1CC(C(F)(F)F)(C(F)(F)F)C(C)(F)O1. The molecule has 1 aliphatic heterocycles. The fraction of sp³-hybridized carbons (Fsp3) is 1.00. The Morgan fingerprint density at radius 1 is 1.06 bits per heavy atom. The number of hydrogen-bond acceptors (Lipinski definition) is 1. The van der Waals surface area contributed by atoms with Crippen molar-refractivity contribution in [3.05, 3.63) is 0 Å². The van der Waals surface area contributed by atoms with Crippen LogP contribution in [-0.4, -0.2) is 24.3 Å². The van der Waals surface area contributed by atoms with E-state index < -0.39 is 36.1 Å². The molecule has 1 heterocycles. The third-order valence-corrected chi connectivity index (χ3v) is 2.75. The lowest BCUT2D eigenvalue weighted by Gasteiger charge is -2.38. The summed E-state index contributed by atoms with van der Waals surface area (Å²) in [6, 6.07) is 0. The van der Waals surface area contributed by atoms with Crippen LogP contribution in [0, 0.1) is 5.41 Å². The number of ether oxygens (including phenoxy) is 1. The molecule has 0 bridgehead atoms. The van der Waals surface area contributed by atoms with Crippen LogP contribution in [-0.2, 0) is 4.74 Å². The molecule has 0 N–H and O–H groups in total.